The van der Waals surface area contributed by atoms with E-state index in [9.17, 15) is 8.42 Å². The van der Waals surface area contributed by atoms with E-state index < -0.39 is 14.9 Å². The fraction of sp³-hybridized carbons (Fsp3) is 0.333. The molecule has 0 aliphatic carbocycles. The molecule has 0 saturated heterocycles. The van der Waals surface area contributed by atoms with Gasteiger partial charge in [-0.1, -0.05) is 23.7 Å². The fourth-order valence-corrected chi connectivity index (χ4v) is 1.95. The van der Waals surface area contributed by atoms with Gasteiger partial charge in [-0.2, -0.15) is 8.42 Å². The van der Waals surface area contributed by atoms with Gasteiger partial charge in [0.05, 0.1) is 0 Å². The van der Waals surface area contributed by atoms with Crippen LogP contribution in [0.5, 0.6) is 0 Å². The van der Waals surface area contributed by atoms with E-state index in [0.717, 1.165) is 0 Å². The Kier molecular flexibility index (Phi) is 3.40. The molecule has 0 heterocycles. The summed E-state index contributed by atoms with van der Waals surface area (Å²) >= 11 is 5.68. The Labute approximate surface area is 93.8 Å². The molecule has 6 heteroatoms. The highest BCUT2D eigenvalue weighted by Crippen LogP contribution is 2.28. The van der Waals surface area contributed by atoms with Gasteiger partial charge in [-0.05, 0) is 24.6 Å². The third kappa shape index (κ3) is 2.31. The van der Waals surface area contributed by atoms with Crippen LogP contribution < -0.4 is 5.73 Å². The van der Waals surface area contributed by atoms with Crippen molar-refractivity contribution in [2.75, 3.05) is 6.54 Å². The minimum Gasteiger partial charge on any atom is -0.328 e. The first-order valence-electron chi connectivity index (χ1n) is 4.24. The molecular weight excluding hydrogens is 238 g/mol. The maximum absolute atomic E-state index is 11.2. The second-order valence-corrected chi connectivity index (χ2v) is 5.70. The average molecular weight is 250 g/mol. The molecule has 0 aliphatic rings. The van der Waals surface area contributed by atoms with Gasteiger partial charge in [0, 0.05) is 11.6 Å². The Morgan fingerprint density at radius 3 is 2.20 bits per heavy atom. The molecule has 1 aromatic carbocycles. The lowest BCUT2D eigenvalue weighted by atomic mass is 10.0. The predicted molar refractivity (Wildman–Crippen MR) is 59.4 cm³/mol. The second-order valence-electron chi connectivity index (χ2n) is 3.42. The number of benzene rings is 1. The van der Waals surface area contributed by atoms with Gasteiger partial charge in [-0.15, -0.1) is 0 Å². The van der Waals surface area contributed by atoms with E-state index in [1.54, 1.807) is 12.1 Å². The van der Waals surface area contributed by atoms with Gasteiger partial charge in [-0.25, -0.2) is 0 Å². The zero-order chi connectivity index (χ0) is 11.7. The molecule has 0 aromatic heterocycles. The van der Waals surface area contributed by atoms with Crippen LogP contribution in [-0.4, -0.2) is 19.5 Å². The summed E-state index contributed by atoms with van der Waals surface area (Å²) in [7, 11) is -4.25. The number of halogens is 1. The Balaban J connectivity index is 3.30. The van der Waals surface area contributed by atoms with Gasteiger partial charge >= 0.3 is 0 Å². The standard InChI is InChI=1S/C9H12ClNO3S/c1-9(6-11,15(12,13)14)7-2-4-8(10)5-3-7/h2-5H,6,11H2,1H3,(H,12,13,14). The molecule has 15 heavy (non-hydrogen) atoms. The SMILES string of the molecule is CC(CN)(c1ccc(Cl)cc1)S(=O)(=O)O. The summed E-state index contributed by atoms with van der Waals surface area (Å²) in [5.41, 5.74) is 5.80. The highest BCUT2D eigenvalue weighted by Gasteiger charge is 2.38. The Morgan fingerprint density at radius 1 is 1.40 bits per heavy atom. The molecule has 1 aromatic rings. The van der Waals surface area contributed by atoms with Gasteiger partial charge in [0.1, 0.15) is 4.75 Å². The lowest BCUT2D eigenvalue weighted by Crippen LogP contribution is -2.39. The minimum absolute atomic E-state index is 0.201. The normalized spacial score (nSPS) is 16.0. The topological polar surface area (TPSA) is 80.4 Å². The molecule has 0 fully saturated rings. The van der Waals surface area contributed by atoms with E-state index in [0.29, 0.717) is 10.6 Å². The molecule has 0 saturated carbocycles. The van der Waals surface area contributed by atoms with Gasteiger partial charge in [-0.3, -0.25) is 4.55 Å². The molecule has 1 atom stereocenters. The second kappa shape index (κ2) is 4.09. The third-order valence-corrected chi connectivity index (χ3v) is 4.21. The molecule has 84 valence electrons. The predicted octanol–water partition coefficient (Wildman–Crippen LogP) is 1.40. The van der Waals surface area contributed by atoms with Crippen LogP contribution >= 0.6 is 11.6 Å². The molecule has 0 aliphatic heterocycles. The van der Waals surface area contributed by atoms with E-state index in [1.165, 1.54) is 19.1 Å². The smallest absolute Gasteiger partial charge is 0.275 e. The first-order valence-corrected chi connectivity index (χ1v) is 6.06. The maximum Gasteiger partial charge on any atom is 0.275 e. The molecule has 0 amide bonds. The van der Waals surface area contributed by atoms with Gasteiger partial charge in [0.15, 0.2) is 0 Å². The maximum atomic E-state index is 11.2. The monoisotopic (exact) mass is 249 g/mol. The van der Waals surface area contributed by atoms with Crippen LogP contribution in [0.1, 0.15) is 12.5 Å². The quantitative estimate of drug-likeness (QED) is 0.794. The van der Waals surface area contributed by atoms with Crippen LogP contribution in [0.3, 0.4) is 0 Å². The van der Waals surface area contributed by atoms with Crippen molar-refractivity contribution in [3.63, 3.8) is 0 Å². The molecule has 3 N–H and O–H groups in total. The number of hydrogen-bond donors (Lipinski definition) is 2. The van der Waals surface area contributed by atoms with Crippen molar-refractivity contribution >= 4 is 21.7 Å². The Morgan fingerprint density at radius 2 is 1.87 bits per heavy atom. The van der Waals surface area contributed by atoms with Crippen LogP contribution in [0.2, 0.25) is 5.02 Å². The molecule has 0 bridgehead atoms. The summed E-state index contributed by atoms with van der Waals surface area (Å²) in [6.45, 7) is 1.17. The lowest BCUT2D eigenvalue weighted by molar-refractivity contribution is 0.438. The van der Waals surface area contributed by atoms with Crippen molar-refractivity contribution in [1.29, 1.82) is 0 Å². The largest absolute Gasteiger partial charge is 0.328 e. The number of rotatable bonds is 3. The van der Waals surface area contributed by atoms with Crippen LogP contribution in [0.25, 0.3) is 0 Å². The summed E-state index contributed by atoms with van der Waals surface area (Å²) in [6, 6.07) is 6.16. The van der Waals surface area contributed by atoms with Crippen molar-refractivity contribution in [2.45, 2.75) is 11.7 Å². The van der Waals surface area contributed by atoms with Crippen LogP contribution in [0, 0.1) is 0 Å². The first kappa shape index (κ1) is 12.4. The first-order chi connectivity index (χ1) is 6.81. The van der Waals surface area contributed by atoms with E-state index in [4.69, 9.17) is 21.9 Å². The number of nitrogens with two attached hydrogens (primary N) is 1. The van der Waals surface area contributed by atoms with Gasteiger partial charge in [0.25, 0.3) is 10.1 Å². The molecule has 1 rings (SSSR count). The zero-order valence-corrected chi connectivity index (χ0v) is 9.72. The molecule has 1 unspecified atom stereocenters. The van der Waals surface area contributed by atoms with Crippen molar-refractivity contribution in [2.24, 2.45) is 5.73 Å². The summed E-state index contributed by atoms with van der Waals surface area (Å²) in [5.74, 6) is 0. The van der Waals surface area contributed by atoms with E-state index in [-0.39, 0.29) is 6.54 Å². The van der Waals surface area contributed by atoms with Gasteiger partial charge < -0.3 is 5.73 Å². The van der Waals surface area contributed by atoms with E-state index >= 15 is 0 Å². The van der Waals surface area contributed by atoms with Crippen LogP contribution in [-0.2, 0) is 14.9 Å². The Hall–Kier alpha value is -0.620. The minimum atomic E-state index is -4.25. The summed E-state index contributed by atoms with van der Waals surface area (Å²) < 4.78 is 30.1. The Bertz CT molecular complexity index is 443. The summed E-state index contributed by atoms with van der Waals surface area (Å²) in [4.78, 5) is 0. The number of hydrogen-bond acceptors (Lipinski definition) is 3. The van der Waals surface area contributed by atoms with Crippen LogP contribution in [0.4, 0.5) is 0 Å². The van der Waals surface area contributed by atoms with Crippen molar-refractivity contribution < 1.29 is 13.0 Å². The lowest BCUT2D eigenvalue weighted by Gasteiger charge is -2.24. The van der Waals surface area contributed by atoms with Crippen molar-refractivity contribution in [3.8, 4) is 0 Å². The highest BCUT2D eigenvalue weighted by molar-refractivity contribution is 7.86. The molecule has 0 radical (unpaired) electrons. The molecular formula is C9H12ClNO3S. The zero-order valence-electron chi connectivity index (χ0n) is 8.14. The van der Waals surface area contributed by atoms with E-state index in [2.05, 4.69) is 0 Å². The van der Waals surface area contributed by atoms with Crippen molar-refractivity contribution in [3.05, 3.63) is 34.9 Å². The molecule has 4 nitrogen and oxygen atoms in total. The van der Waals surface area contributed by atoms with Crippen LogP contribution in [0.15, 0.2) is 24.3 Å². The molecule has 0 spiro atoms. The fourth-order valence-electron chi connectivity index (χ4n) is 1.17. The van der Waals surface area contributed by atoms with Gasteiger partial charge in [0.2, 0.25) is 0 Å². The van der Waals surface area contributed by atoms with Crippen molar-refractivity contribution in [1.82, 2.24) is 0 Å². The third-order valence-electron chi connectivity index (χ3n) is 2.41. The average Bonchev–Trinajstić information content (AvgIpc) is 2.16. The highest BCUT2D eigenvalue weighted by atomic mass is 35.5. The van der Waals surface area contributed by atoms with E-state index in [1.807, 2.05) is 0 Å². The summed E-state index contributed by atoms with van der Waals surface area (Å²) in [6.07, 6.45) is 0. The summed E-state index contributed by atoms with van der Waals surface area (Å²) in [5, 5.41) is 0.494.